The molecule has 122 valence electrons. The van der Waals surface area contributed by atoms with Gasteiger partial charge in [-0.05, 0) is 22.1 Å². The molecule has 2 aromatic rings. The average Bonchev–Trinajstić information content (AvgIpc) is 2.87. The first-order valence-electron chi connectivity index (χ1n) is 8.31. The third-order valence-corrected chi connectivity index (χ3v) is 4.82. The zero-order chi connectivity index (χ0) is 16.9. The van der Waals surface area contributed by atoms with Gasteiger partial charge in [-0.3, -0.25) is 9.89 Å². The van der Waals surface area contributed by atoms with E-state index < -0.39 is 0 Å². The maximum atomic E-state index is 12.1. The Labute approximate surface area is 141 Å². The minimum atomic E-state index is 0.0172. The van der Waals surface area contributed by atoms with Gasteiger partial charge in [0.1, 0.15) is 0 Å². The molecule has 1 aliphatic carbocycles. The highest BCUT2D eigenvalue weighted by atomic mass is 16.1. The molecule has 1 atom stereocenters. The van der Waals surface area contributed by atoms with Gasteiger partial charge in [0.15, 0.2) is 5.82 Å². The number of anilines is 1. The number of rotatable bonds is 2. The van der Waals surface area contributed by atoms with E-state index in [-0.39, 0.29) is 17.2 Å². The molecule has 2 heterocycles. The summed E-state index contributed by atoms with van der Waals surface area (Å²) < 4.78 is 0. The molecule has 2 N–H and O–H groups in total. The van der Waals surface area contributed by atoms with Crippen LogP contribution >= 0.6 is 0 Å². The van der Waals surface area contributed by atoms with Crippen LogP contribution in [0.3, 0.4) is 0 Å². The van der Waals surface area contributed by atoms with Crippen molar-refractivity contribution in [3.8, 4) is 0 Å². The lowest BCUT2D eigenvalue weighted by Gasteiger charge is -2.25. The SMILES string of the molecule is CC(C)(C)c1ccc(C2CC(=O)Nc3n[nH]c(C4=CC=C4)c32)cc1. The van der Waals surface area contributed by atoms with Gasteiger partial charge in [-0.1, -0.05) is 63.3 Å². The second-order valence-electron chi connectivity index (χ2n) is 7.52. The smallest absolute Gasteiger partial charge is 0.226 e. The number of hydrogen-bond acceptors (Lipinski definition) is 2. The summed E-state index contributed by atoms with van der Waals surface area (Å²) >= 11 is 0. The van der Waals surface area contributed by atoms with E-state index in [1.54, 1.807) is 0 Å². The van der Waals surface area contributed by atoms with E-state index in [1.807, 2.05) is 6.08 Å². The number of nitrogens with zero attached hydrogens (tertiary/aromatic N) is 1. The van der Waals surface area contributed by atoms with Crippen molar-refractivity contribution in [3.63, 3.8) is 0 Å². The quantitative estimate of drug-likeness (QED) is 0.874. The molecular formula is C20H21N3O. The molecule has 1 aliphatic heterocycles. The summed E-state index contributed by atoms with van der Waals surface area (Å²) in [4.78, 5) is 12.1. The highest BCUT2D eigenvalue weighted by Crippen LogP contribution is 2.41. The Morgan fingerprint density at radius 2 is 1.88 bits per heavy atom. The van der Waals surface area contributed by atoms with Gasteiger partial charge in [0, 0.05) is 17.9 Å². The van der Waals surface area contributed by atoms with Crippen LogP contribution in [0.1, 0.15) is 55.5 Å². The number of amides is 1. The summed E-state index contributed by atoms with van der Waals surface area (Å²) in [7, 11) is 0. The van der Waals surface area contributed by atoms with Crippen molar-refractivity contribution in [1.82, 2.24) is 10.2 Å². The van der Waals surface area contributed by atoms with E-state index in [4.69, 9.17) is 0 Å². The lowest BCUT2D eigenvalue weighted by molar-refractivity contribution is -0.116. The monoisotopic (exact) mass is 319 g/mol. The van der Waals surface area contributed by atoms with Crippen molar-refractivity contribution in [2.45, 2.75) is 38.5 Å². The molecule has 2 aliphatic rings. The third kappa shape index (κ3) is 2.39. The normalized spacial score (nSPS) is 19.4. The molecule has 24 heavy (non-hydrogen) atoms. The molecule has 1 aromatic carbocycles. The van der Waals surface area contributed by atoms with Crippen LogP contribution in [0.25, 0.3) is 5.57 Å². The minimum absolute atomic E-state index is 0.0172. The first-order valence-corrected chi connectivity index (χ1v) is 8.31. The van der Waals surface area contributed by atoms with Crippen LogP contribution < -0.4 is 5.32 Å². The molecule has 1 unspecified atom stereocenters. The Morgan fingerprint density at radius 3 is 2.46 bits per heavy atom. The van der Waals surface area contributed by atoms with Crippen LogP contribution in [0.2, 0.25) is 0 Å². The topological polar surface area (TPSA) is 57.8 Å². The number of hydrogen-bond donors (Lipinski definition) is 2. The molecule has 4 nitrogen and oxygen atoms in total. The number of fused-ring (bicyclic) bond motifs is 1. The van der Waals surface area contributed by atoms with Crippen molar-refractivity contribution in [2.24, 2.45) is 0 Å². The number of nitrogens with one attached hydrogen (secondary N) is 2. The average molecular weight is 319 g/mol. The van der Waals surface area contributed by atoms with E-state index in [1.165, 1.54) is 5.56 Å². The molecule has 0 bridgehead atoms. The molecule has 0 saturated carbocycles. The second kappa shape index (κ2) is 5.20. The van der Waals surface area contributed by atoms with E-state index in [9.17, 15) is 4.79 Å². The van der Waals surface area contributed by atoms with E-state index in [0.29, 0.717) is 12.2 Å². The number of allylic oxidation sites excluding steroid dienone is 4. The van der Waals surface area contributed by atoms with Crippen molar-refractivity contribution >= 4 is 17.3 Å². The maximum Gasteiger partial charge on any atom is 0.226 e. The molecular weight excluding hydrogens is 298 g/mol. The maximum absolute atomic E-state index is 12.1. The summed E-state index contributed by atoms with van der Waals surface area (Å²) in [6.45, 7) is 6.62. The number of H-pyrrole nitrogens is 1. The van der Waals surface area contributed by atoms with Crippen LogP contribution in [0.5, 0.6) is 0 Å². The number of carbonyl (C=O) groups excluding carboxylic acids is 1. The van der Waals surface area contributed by atoms with Crippen molar-refractivity contribution in [3.05, 3.63) is 64.9 Å². The fraction of sp³-hybridized carbons (Fsp3) is 0.300. The van der Waals surface area contributed by atoms with E-state index in [0.717, 1.165) is 22.4 Å². The number of carbonyl (C=O) groups is 1. The minimum Gasteiger partial charge on any atom is -0.309 e. The molecule has 0 saturated heterocycles. The van der Waals surface area contributed by atoms with E-state index in [2.05, 4.69) is 72.7 Å². The van der Waals surface area contributed by atoms with Crippen LogP contribution in [-0.4, -0.2) is 16.1 Å². The summed E-state index contributed by atoms with van der Waals surface area (Å²) in [5.74, 6) is 0.711. The highest BCUT2D eigenvalue weighted by molar-refractivity contribution is 5.96. The van der Waals surface area contributed by atoms with Crippen LogP contribution in [0.15, 0.2) is 42.5 Å². The Balaban J connectivity index is 1.76. The lowest BCUT2D eigenvalue weighted by atomic mass is 9.81. The number of benzene rings is 1. The van der Waals surface area contributed by atoms with Crippen molar-refractivity contribution < 1.29 is 4.79 Å². The fourth-order valence-electron chi connectivity index (χ4n) is 3.33. The predicted molar refractivity (Wildman–Crippen MR) is 95.9 cm³/mol. The van der Waals surface area contributed by atoms with Gasteiger partial charge in [-0.2, -0.15) is 5.10 Å². The van der Waals surface area contributed by atoms with Gasteiger partial charge in [-0.25, -0.2) is 0 Å². The van der Waals surface area contributed by atoms with Crippen LogP contribution in [-0.2, 0) is 10.2 Å². The number of aromatic amines is 1. The Hall–Kier alpha value is -2.62. The zero-order valence-electron chi connectivity index (χ0n) is 14.2. The van der Waals surface area contributed by atoms with Gasteiger partial charge in [0.05, 0.1) is 5.69 Å². The lowest BCUT2D eigenvalue weighted by Crippen LogP contribution is -2.24. The Morgan fingerprint density at radius 1 is 1.17 bits per heavy atom. The van der Waals surface area contributed by atoms with Gasteiger partial charge in [-0.15, -0.1) is 0 Å². The Bertz CT molecular complexity index is 863. The van der Waals surface area contributed by atoms with Gasteiger partial charge >= 0.3 is 0 Å². The second-order valence-corrected chi connectivity index (χ2v) is 7.52. The van der Waals surface area contributed by atoms with Gasteiger partial charge < -0.3 is 5.32 Å². The van der Waals surface area contributed by atoms with E-state index >= 15 is 0 Å². The summed E-state index contributed by atoms with van der Waals surface area (Å²) in [6, 6.07) is 8.64. The van der Waals surface area contributed by atoms with Crippen molar-refractivity contribution in [1.29, 1.82) is 0 Å². The van der Waals surface area contributed by atoms with Gasteiger partial charge in [0.25, 0.3) is 0 Å². The summed E-state index contributed by atoms with van der Waals surface area (Å²) in [5.41, 5.74) is 5.81. The molecule has 0 fully saturated rings. The predicted octanol–water partition coefficient (Wildman–Crippen LogP) is 4.13. The Kier molecular flexibility index (Phi) is 3.23. The third-order valence-electron chi connectivity index (χ3n) is 4.82. The standard InChI is InChI=1S/C20H21N3O/c1-20(2,3)14-9-7-12(8-10-14)15-11-16(24)21-19-17(15)18(22-23-19)13-5-4-6-13/h4-10,15H,11H2,1-3H3,(H2,21,22,23,24). The van der Waals surface area contributed by atoms with Crippen LogP contribution in [0, 0.1) is 0 Å². The first kappa shape index (κ1) is 14.9. The largest absolute Gasteiger partial charge is 0.309 e. The summed E-state index contributed by atoms with van der Waals surface area (Å²) in [5, 5.41) is 10.3. The molecule has 4 rings (SSSR count). The molecule has 1 amide bonds. The van der Waals surface area contributed by atoms with Crippen molar-refractivity contribution in [2.75, 3.05) is 5.32 Å². The first-order chi connectivity index (χ1) is 11.4. The summed E-state index contributed by atoms with van der Waals surface area (Å²) in [6.07, 6.45) is 6.58. The highest BCUT2D eigenvalue weighted by Gasteiger charge is 2.32. The van der Waals surface area contributed by atoms with Gasteiger partial charge in [0.2, 0.25) is 5.91 Å². The fourth-order valence-corrected chi connectivity index (χ4v) is 3.33. The van der Waals surface area contributed by atoms with Crippen LogP contribution in [0.4, 0.5) is 5.82 Å². The molecule has 0 radical (unpaired) electrons. The molecule has 4 heteroatoms. The number of aromatic nitrogens is 2. The zero-order valence-corrected chi connectivity index (χ0v) is 14.2. The molecule has 1 aromatic heterocycles. The molecule has 0 spiro atoms.